The zero-order chi connectivity index (χ0) is 12.6. The van der Waals surface area contributed by atoms with Gasteiger partial charge in [-0.05, 0) is 41.3 Å². The Morgan fingerprint density at radius 2 is 2.00 bits per heavy atom. The Morgan fingerprint density at radius 1 is 1.17 bits per heavy atom. The van der Waals surface area contributed by atoms with E-state index in [1.54, 1.807) is 11.3 Å². The van der Waals surface area contributed by atoms with Gasteiger partial charge < -0.3 is 5.32 Å². The summed E-state index contributed by atoms with van der Waals surface area (Å²) in [6.07, 6.45) is 1.26. The number of rotatable bonds is 7. The molecule has 1 heterocycles. The average Bonchev–Trinajstić information content (AvgIpc) is 2.91. The van der Waals surface area contributed by atoms with Gasteiger partial charge in [0.2, 0.25) is 0 Å². The molecule has 1 nitrogen and oxygen atoms in total. The van der Waals surface area contributed by atoms with E-state index in [1.165, 1.54) is 28.3 Å². The maximum atomic E-state index is 3.45. The summed E-state index contributed by atoms with van der Waals surface area (Å²) in [4.78, 5) is 1.37. The van der Waals surface area contributed by atoms with Crippen LogP contribution in [-0.4, -0.2) is 5.75 Å². The normalized spacial score (nSPS) is 10.5. The molecule has 96 valence electrons. The van der Waals surface area contributed by atoms with Gasteiger partial charge in [-0.15, -0.1) is 11.3 Å². The topological polar surface area (TPSA) is 12.0 Å². The second kappa shape index (κ2) is 7.49. The van der Waals surface area contributed by atoms with Gasteiger partial charge in [-0.3, -0.25) is 0 Å². The molecule has 0 spiro atoms. The van der Waals surface area contributed by atoms with Gasteiger partial charge in [-0.25, -0.2) is 0 Å². The van der Waals surface area contributed by atoms with Gasteiger partial charge >= 0.3 is 0 Å². The molecule has 3 heteroatoms. The van der Waals surface area contributed by atoms with E-state index in [1.807, 2.05) is 11.8 Å². The molecule has 2 aromatic rings. The monoisotopic (exact) mass is 277 g/mol. The van der Waals surface area contributed by atoms with Gasteiger partial charge in [0.05, 0.1) is 0 Å². The maximum Gasteiger partial charge on any atom is 0.0494 e. The van der Waals surface area contributed by atoms with Gasteiger partial charge in [0.25, 0.3) is 0 Å². The third kappa shape index (κ3) is 4.39. The fraction of sp³-hybridized carbons (Fsp3) is 0.333. The minimum atomic E-state index is 0.918. The zero-order valence-corrected chi connectivity index (χ0v) is 12.3. The van der Waals surface area contributed by atoms with Gasteiger partial charge in [0, 0.05) is 22.9 Å². The van der Waals surface area contributed by atoms with Crippen molar-refractivity contribution < 1.29 is 0 Å². The van der Waals surface area contributed by atoms with Crippen LogP contribution in [0.25, 0.3) is 0 Å². The van der Waals surface area contributed by atoms with Gasteiger partial charge in [-0.2, -0.15) is 11.8 Å². The predicted molar refractivity (Wildman–Crippen MR) is 84.5 cm³/mol. The molecule has 1 aromatic heterocycles. The average molecular weight is 277 g/mol. The van der Waals surface area contributed by atoms with Crippen LogP contribution < -0.4 is 5.32 Å². The summed E-state index contributed by atoms with van der Waals surface area (Å²) in [6.45, 7) is 3.15. The molecule has 1 N–H and O–H groups in total. The molecule has 0 saturated carbocycles. The first kappa shape index (κ1) is 13.5. The zero-order valence-electron chi connectivity index (χ0n) is 10.7. The maximum absolute atomic E-state index is 3.45. The Morgan fingerprint density at radius 3 is 2.67 bits per heavy atom. The number of benzene rings is 1. The van der Waals surface area contributed by atoms with Crippen molar-refractivity contribution in [2.75, 3.05) is 11.1 Å². The lowest BCUT2D eigenvalue weighted by Gasteiger charge is -2.06. The summed E-state index contributed by atoms with van der Waals surface area (Å²) in [7, 11) is 0. The second-order valence-corrected chi connectivity index (χ2v) is 6.32. The molecule has 18 heavy (non-hydrogen) atoms. The Labute approximate surface area is 118 Å². The van der Waals surface area contributed by atoms with E-state index in [0.717, 1.165) is 12.3 Å². The Hall–Kier alpha value is -0.930. The second-order valence-electron chi connectivity index (χ2n) is 4.18. The summed E-state index contributed by atoms with van der Waals surface area (Å²) in [6, 6.07) is 13.0. The van der Waals surface area contributed by atoms with Gasteiger partial charge in [0.1, 0.15) is 0 Å². The van der Waals surface area contributed by atoms with Crippen molar-refractivity contribution in [1.82, 2.24) is 0 Å². The summed E-state index contributed by atoms with van der Waals surface area (Å²) in [5.74, 6) is 2.37. The molecule has 0 aliphatic rings. The lowest BCUT2D eigenvalue weighted by molar-refractivity contribution is 1.10. The summed E-state index contributed by atoms with van der Waals surface area (Å²) in [5.41, 5.74) is 2.61. The van der Waals surface area contributed by atoms with Crippen LogP contribution in [0.4, 0.5) is 5.69 Å². The molecule has 1 aromatic carbocycles. The van der Waals surface area contributed by atoms with Crippen LogP contribution >= 0.6 is 23.1 Å². The largest absolute Gasteiger partial charge is 0.380 e. The Balaban J connectivity index is 1.80. The highest BCUT2D eigenvalue weighted by Crippen LogP contribution is 2.17. The molecular formula is C15H19NS2. The van der Waals surface area contributed by atoms with Crippen LogP contribution in [-0.2, 0) is 12.3 Å². The van der Waals surface area contributed by atoms with Crippen LogP contribution in [0, 0.1) is 0 Å². The Kier molecular flexibility index (Phi) is 5.62. The van der Waals surface area contributed by atoms with E-state index >= 15 is 0 Å². The van der Waals surface area contributed by atoms with Crippen molar-refractivity contribution in [1.29, 1.82) is 0 Å². The van der Waals surface area contributed by atoms with Crippen molar-refractivity contribution in [3.63, 3.8) is 0 Å². The van der Waals surface area contributed by atoms with Crippen molar-refractivity contribution in [2.24, 2.45) is 0 Å². The van der Waals surface area contributed by atoms with E-state index in [2.05, 4.69) is 54.0 Å². The van der Waals surface area contributed by atoms with Crippen LogP contribution in [0.3, 0.4) is 0 Å². The van der Waals surface area contributed by atoms with Crippen LogP contribution in [0.5, 0.6) is 0 Å². The molecule has 2 rings (SSSR count). The van der Waals surface area contributed by atoms with Gasteiger partial charge in [-0.1, -0.05) is 25.1 Å². The van der Waals surface area contributed by atoms with Crippen LogP contribution in [0.2, 0.25) is 0 Å². The lowest BCUT2D eigenvalue weighted by Crippen LogP contribution is -1.97. The van der Waals surface area contributed by atoms with Gasteiger partial charge in [0.15, 0.2) is 0 Å². The van der Waals surface area contributed by atoms with Crippen molar-refractivity contribution >= 4 is 28.8 Å². The fourth-order valence-corrected chi connectivity index (χ4v) is 3.16. The number of thioether (sulfide) groups is 1. The van der Waals surface area contributed by atoms with E-state index in [0.29, 0.717) is 0 Å². The summed E-state index contributed by atoms with van der Waals surface area (Å²) >= 11 is 3.80. The minimum Gasteiger partial charge on any atom is -0.380 e. The van der Waals surface area contributed by atoms with Crippen LogP contribution in [0.15, 0.2) is 41.8 Å². The highest BCUT2D eigenvalue weighted by molar-refractivity contribution is 7.98. The molecule has 0 aliphatic carbocycles. The highest BCUT2D eigenvalue weighted by atomic mass is 32.2. The predicted octanol–water partition coefficient (Wildman–Crippen LogP) is 5.00. The molecule has 0 fully saturated rings. The van der Waals surface area contributed by atoms with E-state index < -0.39 is 0 Å². The summed E-state index contributed by atoms with van der Waals surface area (Å²) in [5, 5.41) is 5.56. The molecule has 0 radical (unpaired) electrons. The van der Waals surface area contributed by atoms with E-state index in [9.17, 15) is 0 Å². The number of anilines is 1. The molecule has 0 saturated heterocycles. The standard InChI is InChI=1S/C15H19NS2/c1-2-9-17-12-13-5-7-14(8-6-13)16-11-15-4-3-10-18-15/h3-8,10,16H,2,9,11-12H2,1H3. The number of thiophene rings is 1. The first-order valence-electron chi connectivity index (χ1n) is 6.31. The SMILES string of the molecule is CCCSCc1ccc(NCc2cccs2)cc1. The number of hydrogen-bond acceptors (Lipinski definition) is 3. The third-order valence-corrected chi connectivity index (χ3v) is 4.73. The summed E-state index contributed by atoms with van der Waals surface area (Å²) < 4.78 is 0. The first-order valence-corrected chi connectivity index (χ1v) is 8.35. The molecule has 0 atom stereocenters. The van der Waals surface area contributed by atoms with Crippen molar-refractivity contribution in [2.45, 2.75) is 25.6 Å². The molecular weight excluding hydrogens is 258 g/mol. The Bertz CT molecular complexity index is 434. The quantitative estimate of drug-likeness (QED) is 0.714. The van der Waals surface area contributed by atoms with E-state index in [-0.39, 0.29) is 0 Å². The first-order chi connectivity index (χ1) is 8.88. The van der Waals surface area contributed by atoms with Crippen molar-refractivity contribution in [3.05, 3.63) is 52.2 Å². The molecule has 0 unspecified atom stereocenters. The fourth-order valence-electron chi connectivity index (χ4n) is 1.66. The van der Waals surface area contributed by atoms with E-state index in [4.69, 9.17) is 0 Å². The molecule has 0 aliphatic heterocycles. The molecule has 0 bridgehead atoms. The number of nitrogens with one attached hydrogen (secondary N) is 1. The van der Waals surface area contributed by atoms with Crippen LogP contribution in [0.1, 0.15) is 23.8 Å². The minimum absolute atomic E-state index is 0.918. The number of hydrogen-bond donors (Lipinski definition) is 1. The third-order valence-electron chi connectivity index (χ3n) is 2.62. The highest BCUT2D eigenvalue weighted by Gasteiger charge is 1.96. The van der Waals surface area contributed by atoms with Crippen molar-refractivity contribution in [3.8, 4) is 0 Å². The lowest BCUT2D eigenvalue weighted by atomic mass is 10.2. The molecule has 0 amide bonds. The smallest absolute Gasteiger partial charge is 0.0494 e.